The van der Waals surface area contributed by atoms with E-state index in [-0.39, 0.29) is 0 Å². The molecule has 88 valence electrons. The third-order valence-corrected chi connectivity index (χ3v) is 3.73. The van der Waals surface area contributed by atoms with Gasteiger partial charge < -0.3 is 5.11 Å². The van der Waals surface area contributed by atoms with Gasteiger partial charge in [-0.15, -0.1) is 0 Å². The van der Waals surface area contributed by atoms with Crippen molar-refractivity contribution in [1.29, 1.82) is 0 Å². The van der Waals surface area contributed by atoms with Crippen molar-refractivity contribution in [3.63, 3.8) is 0 Å². The third-order valence-electron chi connectivity index (χ3n) is 3.48. The average Bonchev–Trinajstić information content (AvgIpc) is 2.77. The molecule has 0 amide bonds. The molecule has 1 aromatic carbocycles. The van der Waals surface area contributed by atoms with E-state index in [1.54, 1.807) is 0 Å². The van der Waals surface area contributed by atoms with Crippen molar-refractivity contribution >= 4 is 11.6 Å². The summed E-state index contributed by atoms with van der Waals surface area (Å²) in [6, 6.07) is 8.45. The van der Waals surface area contributed by atoms with E-state index in [0.717, 1.165) is 24.5 Å². The molecule has 1 aliphatic rings. The average molecular weight is 240 g/mol. The van der Waals surface area contributed by atoms with Gasteiger partial charge in [0.2, 0.25) is 0 Å². The van der Waals surface area contributed by atoms with Gasteiger partial charge in [-0.1, -0.05) is 23.7 Å². The summed E-state index contributed by atoms with van der Waals surface area (Å²) in [5, 5.41) is 9.91. The van der Waals surface area contributed by atoms with E-state index < -0.39 is 0 Å². The lowest BCUT2D eigenvalue weighted by molar-refractivity contribution is 0.204. The summed E-state index contributed by atoms with van der Waals surface area (Å²) in [4.78, 5) is 2.42. The van der Waals surface area contributed by atoms with Gasteiger partial charge in [0.05, 0.1) is 0 Å². The van der Waals surface area contributed by atoms with Crippen LogP contribution in [0.5, 0.6) is 0 Å². The molecule has 1 aliphatic heterocycles. The molecule has 1 heterocycles. The predicted molar refractivity (Wildman–Crippen MR) is 66.6 cm³/mol. The van der Waals surface area contributed by atoms with Crippen molar-refractivity contribution in [3.8, 4) is 0 Å². The van der Waals surface area contributed by atoms with E-state index >= 15 is 0 Å². The van der Waals surface area contributed by atoms with Gasteiger partial charge in [0.15, 0.2) is 0 Å². The van der Waals surface area contributed by atoms with E-state index in [1.807, 2.05) is 12.1 Å². The Labute approximate surface area is 102 Å². The lowest BCUT2D eigenvalue weighted by Crippen LogP contribution is -2.25. The number of hydrogen-bond donors (Lipinski definition) is 1. The molecule has 3 heteroatoms. The number of aliphatic hydroxyl groups is 1. The Hall–Kier alpha value is -0.570. The number of halogens is 1. The molecule has 0 bridgehead atoms. The van der Waals surface area contributed by atoms with Crippen LogP contribution in [-0.4, -0.2) is 29.7 Å². The highest BCUT2D eigenvalue weighted by Gasteiger charge is 2.25. The topological polar surface area (TPSA) is 23.5 Å². The first kappa shape index (κ1) is 11.9. The molecule has 2 unspecified atom stereocenters. The lowest BCUT2D eigenvalue weighted by Gasteiger charge is -2.24. The van der Waals surface area contributed by atoms with Gasteiger partial charge in [-0.25, -0.2) is 0 Å². The second-order valence-electron chi connectivity index (χ2n) is 4.56. The van der Waals surface area contributed by atoms with Crippen molar-refractivity contribution in [2.24, 2.45) is 5.92 Å². The highest BCUT2D eigenvalue weighted by molar-refractivity contribution is 6.30. The van der Waals surface area contributed by atoms with Crippen molar-refractivity contribution in [2.45, 2.75) is 19.4 Å². The first-order valence-corrected chi connectivity index (χ1v) is 6.19. The molecule has 0 saturated carbocycles. The van der Waals surface area contributed by atoms with Crippen LogP contribution in [0.1, 0.15) is 24.9 Å². The Kier molecular flexibility index (Phi) is 3.85. The maximum absolute atomic E-state index is 9.13. The van der Waals surface area contributed by atoms with E-state index in [9.17, 15) is 0 Å². The fourth-order valence-corrected chi connectivity index (χ4v) is 2.44. The van der Waals surface area contributed by atoms with Crippen molar-refractivity contribution < 1.29 is 5.11 Å². The molecule has 0 aromatic heterocycles. The van der Waals surface area contributed by atoms with Gasteiger partial charge in [-0.3, -0.25) is 4.90 Å². The predicted octanol–water partition coefficient (Wildman–Crippen LogP) is 2.72. The number of benzene rings is 1. The van der Waals surface area contributed by atoms with Crippen LogP contribution in [0.3, 0.4) is 0 Å². The minimum Gasteiger partial charge on any atom is -0.396 e. The highest BCUT2D eigenvalue weighted by atomic mass is 35.5. The SMILES string of the molecule is CC(c1ccc(Cl)cc1)N1CCC(CO)C1. The Morgan fingerprint density at radius 3 is 2.69 bits per heavy atom. The molecule has 0 radical (unpaired) electrons. The summed E-state index contributed by atoms with van der Waals surface area (Å²) in [7, 11) is 0. The van der Waals surface area contributed by atoms with Gasteiger partial charge in [0.25, 0.3) is 0 Å². The molecule has 1 aromatic rings. The Morgan fingerprint density at radius 2 is 2.12 bits per heavy atom. The smallest absolute Gasteiger partial charge is 0.0471 e. The van der Waals surface area contributed by atoms with Gasteiger partial charge in [-0.05, 0) is 43.5 Å². The van der Waals surface area contributed by atoms with E-state index in [4.69, 9.17) is 16.7 Å². The van der Waals surface area contributed by atoms with Crippen molar-refractivity contribution in [1.82, 2.24) is 4.90 Å². The molecule has 1 saturated heterocycles. The van der Waals surface area contributed by atoms with Crippen LogP contribution in [0.4, 0.5) is 0 Å². The van der Waals surface area contributed by atoms with Gasteiger partial charge in [0.1, 0.15) is 0 Å². The van der Waals surface area contributed by atoms with E-state index in [1.165, 1.54) is 5.56 Å². The Morgan fingerprint density at radius 1 is 1.44 bits per heavy atom. The second kappa shape index (κ2) is 5.17. The quantitative estimate of drug-likeness (QED) is 0.877. The molecule has 1 N–H and O–H groups in total. The van der Waals surface area contributed by atoms with Crippen LogP contribution in [-0.2, 0) is 0 Å². The summed E-state index contributed by atoms with van der Waals surface area (Å²) in [6.45, 7) is 4.60. The number of nitrogens with zero attached hydrogens (tertiary/aromatic N) is 1. The largest absolute Gasteiger partial charge is 0.396 e. The zero-order valence-corrected chi connectivity index (χ0v) is 10.3. The van der Waals surface area contributed by atoms with Gasteiger partial charge >= 0.3 is 0 Å². The highest BCUT2D eigenvalue weighted by Crippen LogP contribution is 2.27. The third kappa shape index (κ3) is 2.57. The fraction of sp³-hybridized carbons (Fsp3) is 0.538. The first-order valence-electron chi connectivity index (χ1n) is 5.81. The molecule has 1 fully saturated rings. The normalized spacial score (nSPS) is 23.6. The van der Waals surface area contributed by atoms with Crippen LogP contribution in [0.15, 0.2) is 24.3 Å². The number of rotatable bonds is 3. The minimum atomic E-state index is 0.309. The zero-order valence-electron chi connectivity index (χ0n) is 9.56. The molecule has 2 atom stereocenters. The summed E-state index contributed by atoms with van der Waals surface area (Å²) >= 11 is 5.87. The molecular weight excluding hydrogens is 222 g/mol. The van der Waals surface area contributed by atoms with Gasteiger partial charge in [-0.2, -0.15) is 0 Å². The van der Waals surface area contributed by atoms with E-state index in [2.05, 4.69) is 24.0 Å². The monoisotopic (exact) mass is 239 g/mol. The van der Waals surface area contributed by atoms with Gasteiger partial charge in [0, 0.05) is 24.2 Å². The second-order valence-corrected chi connectivity index (χ2v) is 5.00. The molecule has 2 rings (SSSR count). The minimum absolute atomic E-state index is 0.309. The maximum Gasteiger partial charge on any atom is 0.0471 e. The molecule has 16 heavy (non-hydrogen) atoms. The zero-order chi connectivity index (χ0) is 11.5. The van der Waals surface area contributed by atoms with Crippen molar-refractivity contribution in [2.75, 3.05) is 19.7 Å². The van der Waals surface area contributed by atoms with Crippen molar-refractivity contribution in [3.05, 3.63) is 34.9 Å². The maximum atomic E-state index is 9.13. The Balaban J connectivity index is 2.02. The summed E-state index contributed by atoms with van der Waals surface area (Å²) in [5.74, 6) is 0.453. The van der Waals surface area contributed by atoms with E-state index in [0.29, 0.717) is 18.6 Å². The fourth-order valence-electron chi connectivity index (χ4n) is 2.32. The molecular formula is C13H18ClNO. The standard InChI is InChI=1S/C13H18ClNO/c1-10(12-2-4-13(14)5-3-12)15-7-6-11(8-15)9-16/h2-5,10-11,16H,6-9H2,1H3. The number of aliphatic hydroxyl groups excluding tert-OH is 1. The van der Waals surface area contributed by atoms with Crippen LogP contribution < -0.4 is 0 Å². The molecule has 0 aliphatic carbocycles. The lowest BCUT2D eigenvalue weighted by atomic mass is 10.1. The Bertz CT molecular complexity index is 338. The van der Waals surface area contributed by atoms with Crippen LogP contribution in [0.25, 0.3) is 0 Å². The van der Waals surface area contributed by atoms with Crippen LogP contribution in [0, 0.1) is 5.92 Å². The number of likely N-dealkylation sites (tertiary alicyclic amines) is 1. The summed E-state index contributed by atoms with van der Waals surface area (Å²) < 4.78 is 0. The summed E-state index contributed by atoms with van der Waals surface area (Å²) in [6.07, 6.45) is 1.11. The summed E-state index contributed by atoms with van der Waals surface area (Å²) in [5.41, 5.74) is 1.29. The first-order chi connectivity index (χ1) is 7.70. The molecule has 0 spiro atoms. The van der Waals surface area contributed by atoms with Crippen LogP contribution in [0.2, 0.25) is 5.02 Å². The number of hydrogen-bond acceptors (Lipinski definition) is 2. The van der Waals surface area contributed by atoms with Crippen LogP contribution >= 0.6 is 11.6 Å². The molecule has 2 nitrogen and oxygen atoms in total.